The molecule has 1 aromatic heterocycles. The largest absolute Gasteiger partial charge is 0.327 e. The van der Waals surface area contributed by atoms with Gasteiger partial charge in [-0.15, -0.1) is 23.7 Å². The van der Waals surface area contributed by atoms with Crippen LogP contribution in [-0.4, -0.2) is 11.5 Å². The molecule has 1 aromatic carbocycles. The number of aromatic nitrogens is 1. The molecule has 0 spiro atoms. The lowest BCUT2D eigenvalue weighted by molar-refractivity contribution is 0.646. The lowest BCUT2D eigenvalue weighted by Crippen LogP contribution is -2.12. The van der Waals surface area contributed by atoms with Gasteiger partial charge in [-0.1, -0.05) is 6.07 Å². The lowest BCUT2D eigenvalue weighted by Gasteiger charge is -2.19. The number of hydrogen-bond acceptors (Lipinski definition) is 3. The minimum atomic E-state index is 0. The van der Waals surface area contributed by atoms with E-state index in [0.29, 0.717) is 0 Å². The summed E-state index contributed by atoms with van der Waals surface area (Å²) in [5.74, 6) is 1.51. The van der Waals surface area contributed by atoms with Crippen molar-refractivity contribution in [3.8, 4) is 0 Å². The van der Waals surface area contributed by atoms with Crippen LogP contribution in [0.5, 0.6) is 0 Å². The van der Waals surface area contributed by atoms with Crippen LogP contribution in [0, 0.1) is 18.8 Å². The number of hydrogen-bond donors (Lipinski definition) is 1. The normalized spacial score (nSPS) is 24.5. The van der Waals surface area contributed by atoms with Gasteiger partial charge in [-0.05, 0) is 66.9 Å². The van der Waals surface area contributed by atoms with Crippen LogP contribution < -0.4 is 5.73 Å². The van der Waals surface area contributed by atoms with Gasteiger partial charge in [0.15, 0.2) is 0 Å². The molecule has 2 aliphatic carbocycles. The summed E-state index contributed by atoms with van der Waals surface area (Å²) in [5, 5.41) is 1.15. The van der Waals surface area contributed by atoms with Crippen molar-refractivity contribution in [2.24, 2.45) is 17.6 Å². The Kier molecular flexibility index (Phi) is 3.61. The third-order valence-electron chi connectivity index (χ3n) is 4.71. The first-order valence-electron chi connectivity index (χ1n) is 7.07. The Labute approximate surface area is 129 Å². The first-order valence-corrected chi connectivity index (χ1v) is 7.88. The van der Waals surface area contributed by atoms with E-state index in [2.05, 4.69) is 30.1 Å². The van der Waals surface area contributed by atoms with E-state index in [-0.39, 0.29) is 12.4 Å². The Morgan fingerprint density at radius 2 is 2.10 bits per heavy atom. The number of benzene rings is 1. The second-order valence-corrected chi connectivity index (χ2v) is 7.00. The lowest BCUT2D eigenvalue weighted by atomic mass is 9.87. The van der Waals surface area contributed by atoms with Crippen molar-refractivity contribution in [2.45, 2.75) is 26.2 Å². The third kappa shape index (κ3) is 2.00. The zero-order valence-corrected chi connectivity index (χ0v) is 13.2. The Morgan fingerprint density at radius 1 is 1.30 bits per heavy atom. The van der Waals surface area contributed by atoms with Gasteiger partial charge in [0.05, 0.1) is 15.2 Å². The highest BCUT2D eigenvalue weighted by Crippen LogP contribution is 2.52. The number of fused-ring (bicyclic) bond motifs is 3. The van der Waals surface area contributed by atoms with E-state index in [1.54, 1.807) is 16.9 Å². The van der Waals surface area contributed by atoms with Gasteiger partial charge in [-0.2, -0.15) is 0 Å². The second kappa shape index (κ2) is 5.14. The molecule has 4 heteroatoms. The van der Waals surface area contributed by atoms with Crippen molar-refractivity contribution in [1.29, 1.82) is 0 Å². The number of nitrogens with two attached hydrogens (primary N) is 1. The molecule has 2 bridgehead atoms. The van der Waals surface area contributed by atoms with Gasteiger partial charge >= 0.3 is 0 Å². The number of rotatable bonds is 2. The molecule has 1 saturated carbocycles. The quantitative estimate of drug-likeness (QED) is 0.904. The molecule has 106 valence electrons. The third-order valence-corrected chi connectivity index (χ3v) is 5.66. The fourth-order valence-corrected chi connectivity index (χ4v) is 4.76. The maximum atomic E-state index is 5.99. The molecule has 0 amide bonds. The van der Waals surface area contributed by atoms with Gasteiger partial charge in [-0.25, -0.2) is 4.98 Å². The van der Waals surface area contributed by atoms with Gasteiger partial charge in [0.1, 0.15) is 0 Å². The van der Waals surface area contributed by atoms with Crippen LogP contribution in [-0.2, 0) is 0 Å². The Balaban J connectivity index is 0.00000121. The second-order valence-electron chi connectivity index (χ2n) is 5.77. The summed E-state index contributed by atoms with van der Waals surface area (Å²) >= 11 is 1.77. The summed E-state index contributed by atoms with van der Waals surface area (Å²) < 4.78 is 1.29. The topological polar surface area (TPSA) is 38.9 Å². The SMILES string of the molecule is Cc1nc2cc(C3=C(CN)C4CCC3C4)ccc2s1.Cl. The molecule has 4 rings (SSSR count). The Morgan fingerprint density at radius 3 is 2.90 bits per heavy atom. The van der Waals surface area contributed by atoms with Gasteiger partial charge in [0.2, 0.25) is 0 Å². The molecular formula is C16H19ClN2S. The average Bonchev–Trinajstić information content (AvgIpc) is 3.08. The number of halogens is 1. The molecule has 2 unspecified atom stereocenters. The number of allylic oxidation sites excluding steroid dienone is 1. The molecule has 2 aromatic rings. The van der Waals surface area contributed by atoms with Crippen LogP contribution in [0.25, 0.3) is 15.8 Å². The molecule has 0 aliphatic heterocycles. The van der Waals surface area contributed by atoms with Gasteiger partial charge in [0, 0.05) is 6.54 Å². The maximum Gasteiger partial charge on any atom is 0.0907 e. The minimum absolute atomic E-state index is 0. The molecule has 2 nitrogen and oxygen atoms in total. The van der Waals surface area contributed by atoms with Crippen LogP contribution >= 0.6 is 23.7 Å². The Bertz CT molecular complexity index is 689. The van der Waals surface area contributed by atoms with Crippen LogP contribution in [0.2, 0.25) is 0 Å². The highest BCUT2D eigenvalue weighted by atomic mass is 35.5. The first kappa shape index (κ1) is 14.1. The van der Waals surface area contributed by atoms with Gasteiger partial charge in [0.25, 0.3) is 0 Å². The molecule has 2 aliphatic rings. The molecule has 1 heterocycles. The number of aryl methyl sites for hydroxylation is 1. The minimum Gasteiger partial charge on any atom is -0.327 e. The summed E-state index contributed by atoms with van der Waals surface area (Å²) in [5.41, 5.74) is 11.6. The molecule has 0 radical (unpaired) electrons. The van der Waals surface area contributed by atoms with Crippen LogP contribution in [0.3, 0.4) is 0 Å². The van der Waals surface area contributed by atoms with E-state index in [1.807, 2.05) is 0 Å². The molecule has 1 fully saturated rings. The van der Waals surface area contributed by atoms with E-state index in [9.17, 15) is 0 Å². The van der Waals surface area contributed by atoms with E-state index >= 15 is 0 Å². The van der Waals surface area contributed by atoms with Gasteiger partial charge in [-0.3, -0.25) is 0 Å². The van der Waals surface area contributed by atoms with Gasteiger partial charge < -0.3 is 5.73 Å². The zero-order chi connectivity index (χ0) is 13.0. The number of nitrogens with zero attached hydrogens (tertiary/aromatic N) is 1. The monoisotopic (exact) mass is 306 g/mol. The highest BCUT2D eigenvalue weighted by Gasteiger charge is 2.38. The smallest absolute Gasteiger partial charge is 0.0907 e. The van der Waals surface area contributed by atoms with Crippen LogP contribution in [0.4, 0.5) is 0 Å². The number of thiazole rings is 1. The molecule has 0 saturated heterocycles. The fraction of sp³-hybridized carbons (Fsp3) is 0.438. The highest BCUT2D eigenvalue weighted by molar-refractivity contribution is 7.18. The van der Waals surface area contributed by atoms with Crippen molar-refractivity contribution in [2.75, 3.05) is 6.54 Å². The fourth-order valence-electron chi connectivity index (χ4n) is 3.95. The maximum absolute atomic E-state index is 5.99. The Hall–Kier alpha value is -0.900. The van der Waals surface area contributed by atoms with Crippen molar-refractivity contribution in [3.63, 3.8) is 0 Å². The summed E-state index contributed by atoms with van der Waals surface area (Å²) in [4.78, 5) is 4.62. The molecular weight excluding hydrogens is 288 g/mol. The van der Waals surface area contributed by atoms with Crippen molar-refractivity contribution in [1.82, 2.24) is 4.98 Å². The predicted molar refractivity (Wildman–Crippen MR) is 88.4 cm³/mol. The van der Waals surface area contributed by atoms with Crippen LogP contribution in [0.1, 0.15) is 29.8 Å². The van der Waals surface area contributed by atoms with E-state index in [0.717, 1.165) is 28.9 Å². The van der Waals surface area contributed by atoms with Crippen LogP contribution in [0.15, 0.2) is 23.8 Å². The van der Waals surface area contributed by atoms with E-state index < -0.39 is 0 Å². The van der Waals surface area contributed by atoms with Crippen molar-refractivity contribution < 1.29 is 0 Å². The standard InChI is InChI=1S/C16H18N2S.ClH/c1-9-18-14-7-12(4-5-15(14)19-9)16-11-3-2-10(6-11)13(16)8-17;/h4-5,7,10-11H,2-3,6,8,17H2,1H3;1H. The van der Waals surface area contributed by atoms with E-state index in [1.165, 1.54) is 35.1 Å². The summed E-state index contributed by atoms with van der Waals surface area (Å²) in [7, 11) is 0. The zero-order valence-electron chi connectivity index (χ0n) is 11.6. The van der Waals surface area contributed by atoms with E-state index in [4.69, 9.17) is 5.73 Å². The van der Waals surface area contributed by atoms with Crippen molar-refractivity contribution >= 4 is 39.5 Å². The molecule has 20 heavy (non-hydrogen) atoms. The average molecular weight is 307 g/mol. The summed E-state index contributed by atoms with van der Waals surface area (Å²) in [6.07, 6.45) is 4.02. The molecule has 2 atom stereocenters. The first-order chi connectivity index (χ1) is 9.26. The summed E-state index contributed by atoms with van der Waals surface area (Å²) in [6, 6.07) is 6.76. The van der Waals surface area contributed by atoms with Crippen molar-refractivity contribution in [3.05, 3.63) is 34.3 Å². The predicted octanol–water partition coefficient (Wildman–Crippen LogP) is 4.17. The molecule has 2 N–H and O–H groups in total. The summed E-state index contributed by atoms with van der Waals surface area (Å²) in [6.45, 7) is 2.80.